The van der Waals surface area contributed by atoms with Crippen molar-refractivity contribution in [3.05, 3.63) is 47.0 Å². The molecule has 5 nitrogen and oxygen atoms in total. The van der Waals surface area contributed by atoms with E-state index < -0.39 is 23.8 Å². The first-order valence-electron chi connectivity index (χ1n) is 7.60. The summed E-state index contributed by atoms with van der Waals surface area (Å²) >= 11 is 0. The summed E-state index contributed by atoms with van der Waals surface area (Å²) in [5.74, 6) is -2.20. The summed E-state index contributed by atoms with van der Waals surface area (Å²) in [6, 6.07) is 5.04. The zero-order chi connectivity index (χ0) is 18.2. The van der Waals surface area contributed by atoms with Crippen LogP contribution < -0.4 is 10.1 Å². The van der Waals surface area contributed by atoms with Crippen molar-refractivity contribution in [2.45, 2.75) is 31.7 Å². The van der Waals surface area contributed by atoms with Gasteiger partial charge in [-0.25, -0.2) is 4.39 Å². The van der Waals surface area contributed by atoms with E-state index in [0.717, 1.165) is 24.6 Å². The fourth-order valence-corrected chi connectivity index (χ4v) is 2.44. The molecule has 0 atom stereocenters. The number of hydrogen-bond donors (Lipinski definition) is 1. The minimum absolute atomic E-state index is 0.111. The van der Waals surface area contributed by atoms with Crippen molar-refractivity contribution in [2.24, 2.45) is 7.05 Å². The number of amides is 1. The Bertz CT molecular complexity index is 797. The lowest BCUT2D eigenvalue weighted by Crippen LogP contribution is -2.26. The van der Waals surface area contributed by atoms with E-state index >= 15 is 0 Å². The molecule has 1 aliphatic carbocycles. The highest BCUT2D eigenvalue weighted by Gasteiger charge is 2.33. The minimum Gasteiger partial charge on any atom is -0.403 e. The lowest BCUT2D eigenvalue weighted by atomic mass is 10.2. The number of alkyl halides is 3. The smallest absolute Gasteiger partial charge is 0.403 e. The van der Waals surface area contributed by atoms with Crippen LogP contribution in [0.15, 0.2) is 24.3 Å². The zero-order valence-electron chi connectivity index (χ0n) is 13.2. The van der Waals surface area contributed by atoms with Gasteiger partial charge in [-0.3, -0.25) is 9.48 Å². The molecule has 0 spiro atoms. The van der Waals surface area contributed by atoms with Crippen molar-refractivity contribution in [1.29, 1.82) is 0 Å². The molecule has 0 radical (unpaired) electrons. The van der Waals surface area contributed by atoms with Crippen LogP contribution in [0.4, 0.5) is 17.6 Å². The highest BCUT2D eigenvalue weighted by atomic mass is 19.4. The fourth-order valence-electron chi connectivity index (χ4n) is 2.44. The number of carbonyl (C=O) groups is 1. The normalized spacial score (nSPS) is 14.4. The molecule has 0 aliphatic heterocycles. The summed E-state index contributed by atoms with van der Waals surface area (Å²) in [6.45, 7) is -0.274. The lowest BCUT2D eigenvalue weighted by Gasteiger charge is -2.12. The van der Waals surface area contributed by atoms with Crippen molar-refractivity contribution < 1.29 is 27.1 Å². The van der Waals surface area contributed by atoms with Gasteiger partial charge in [0.2, 0.25) is 0 Å². The van der Waals surface area contributed by atoms with E-state index in [4.69, 9.17) is 0 Å². The molecule has 1 aliphatic rings. The number of rotatable bonds is 5. The molecule has 1 aromatic carbocycles. The molecule has 1 heterocycles. The molecule has 0 saturated heterocycles. The topological polar surface area (TPSA) is 56.2 Å². The Hall–Kier alpha value is -2.58. The number of halogens is 4. The number of nitrogens with one attached hydrogen (secondary N) is 1. The molecule has 1 amide bonds. The summed E-state index contributed by atoms with van der Waals surface area (Å²) in [4.78, 5) is 12.2. The second-order valence-corrected chi connectivity index (χ2v) is 5.81. The first kappa shape index (κ1) is 17.2. The third-order valence-corrected chi connectivity index (χ3v) is 3.84. The summed E-state index contributed by atoms with van der Waals surface area (Å²) in [5, 5.41) is 6.74. The van der Waals surface area contributed by atoms with Crippen LogP contribution in [-0.2, 0) is 13.6 Å². The maximum absolute atomic E-state index is 14.1. The third-order valence-electron chi connectivity index (χ3n) is 3.84. The first-order chi connectivity index (χ1) is 11.7. The van der Waals surface area contributed by atoms with Crippen molar-refractivity contribution in [3.8, 4) is 5.75 Å². The van der Waals surface area contributed by atoms with Gasteiger partial charge >= 0.3 is 6.36 Å². The molecule has 1 N–H and O–H groups in total. The summed E-state index contributed by atoms with van der Waals surface area (Å²) in [5.41, 5.74) is 1.03. The molecule has 134 valence electrons. The van der Waals surface area contributed by atoms with E-state index in [-0.39, 0.29) is 12.1 Å². The Morgan fingerprint density at radius 2 is 2.12 bits per heavy atom. The fraction of sp³-hybridized carbons (Fsp3) is 0.375. The van der Waals surface area contributed by atoms with Crippen molar-refractivity contribution in [3.63, 3.8) is 0 Å². The van der Waals surface area contributed by atoms with E-state index in [1.807, 2.05) is 0 Å². The van der Waals surface area contributed by atoms with Crippen LogP contribution >= 0.6 is 0 Å². The predicted molar refractivity (Wildman–Crippen MR) is 79.4 cm³/mol. The molecule has 25 heavy (non-hydrogen) atoms. The number of nitrogens with zero attached hydrogens (tertiary/aromatic N) is 2. The molecule has 1 saturated carbocycles. The Labute approximate surface area is 140 Å². The molecule has 0 unspecified atom stereocenters. The SMILES string of the molecule is Cn1nc(C2CC2)cc1C(=O)NCc1cccc(OC(F)(F)F)c1F. The average Bonchev–Trinajstić information content (AvgIpc) is 3.29. The van der Waals surface area contributed by atoms with Crippen LogP contribution in [0, 0.1) is 5.82 Å². The van der Waals surface area contributed by atoms with Gasteiger partial charge in [-0.05, 0) is 25.0 Å². The first-order valence-corrected chi connectivity index (χ1v) is 7.60. The van der Waals surface area contributed by atoms with Crippen LogP contribution in [-0.4, -0.2) is 22.1 Å². The molecular formula is C16H15F4N3O2. The summed E-state index contributed by atoms with van der Waals surface area (Å²) in [7, 11) is 1.62. The Morgan fingerprint density at radius 3 is 2.76 bits per heavy atom. The molecule has 1 fully saturated rings. The molecule has 1 aromatic heterocycles. The summed E-state index contributed by atoms with van der Waals surface area (Å²) in [6.07, 6.45) is -2.92. The van der Waals surface area contributed by atoms with E-state index in [0.29, 0.717) is 11.6 Å². The Morgan fingerprint density at radius 1 is 1.40 bits per heavy atom. The predicted octanol–water partition coefficient (Wildman–Crippen LogP) is 3.27. The van der Waals surface area contributed by atoms with Crippen molar-refractivity contribution in [2.75, 3.05) is 0 Å². The highest BCUT2D eigenvalue weighted by Crippen LogP contribution is 2.39. The quantitative estimate of drug-likeness (QED) is 0.836. The zero-order valence-corrected chi connectivity index (χ0v) is 13.2. The molecule has 2 aromatic rings. The minimum atomic E-state index is -4.99. The van der Waals surface area contributed by atoms with Gasteiger partial charge in [-0.15, -0.1) is 13.2 Å². The Kier molecular flexibility index (Phi) is 4.40. The van der Waals surface area contributed by atoms with E-state index in [1.165, 1.54) is 16.8 Å². The second-order valence-electron chi connectivity index (χ2n) is 5.81. The molecule has 9 heteroatoms. The number of benzene rings is 1. The van der Waals surface area contributed by atoms with Crippen LogP contribution in [0.2, 0.25) is 0 Å². The molecule has 0 bridgehead atoms. The third kappa shape index (κ3) is 4.09. The van der Waals surface area contributed by atoms with Gasteiger partial charge in [-0.1, -0.05) is 12.1 Å². The van der Waals surface area contributed by atoms with Gasteiger partial charge in [0.15, 0.2) is 11.6 Å². The summed E-state index contributed by atoms with van der Waals surface area (Å²) < 4.78 is 55.8. The maximum atomic E-state index is 14.1. The van der Waals surface area contributed by atoms with Crippen LogP contribution in [0.5, 0.6) is 5.75 Å². The van der Waals surface area contributed by atoms with Gasteiger partial charge in [0.05, 0.1) is 5.69 Å². The Balaban J connectivity index is 1.69. The number of hydrogen-bond acceptors (Lipinski definition) is 3. The van der Waals surface area contributed by atoms with Gasteiger partial charge in [-0.2, -0.15) is 5.10 Å². The molecular weight excluding hydrogens is 342 g/mol. The maximum Gasteiger partial charge on any atom is 0.573 e. The van der Waals surface area contributed by atoms with E-state index in [9.17, 15) is 22.4 Å². The van der Waals surface area contributed by atoms with Gasteiger partial charge in [0.25, 0.3) is 5.91 Å². The van der Waals surface area contributed by atoms with Gasteiger partial charge < -0.3 is 10.1 Å². The van der Waals surface area contributed by atoms with E-state index in [2.05, 4.69) is 15.2 Å². The second kappa shape index (κ2) is 6.38. The van der Waals surface area contributed by atoms with Crippen LogP contribution in [0.3, 0.4) is 0 Å². The number of ether oxygens (including phenoxy) is 1. The molecule has 3 rings (SSSR count). The lowest BCUT2D eigenvalue weighted by molar-refractivity contribution is -0.275. The van der Waals surface area contributed by atoms with Crippen molar-refractivity contribution >= 4 is 5.91 Å². The average molecular weight is 357 g/mol. The highest BCUT2D eigenvalue weighted by molar-refractivity contribution is 5.92. The van der Waals surface area contributed by atoms with Crippen LogP contribution in [0.1, 0.15) is 40.5 Å². The number of aryl methyl sites for hydroxylation is 1. The van der Waals surface area contributed by atoms with E-state index in [1.54, 1.807) is 13.1 Å². The van der Waals surface area contributed by atoms with Crippen LogP contribution in [0.25, 0.3) is 0 Å². The van der Waals surface area contributed by atoms with Gasteiger partial charge in [0, 0.05) is 25.1 Å². The van der Waals surface area contributed by atoms with Gasteiger partial charge in [0.1, 0.15) is 5.69 Å². The standard InChI is InChI=1S/C16H15F4N3O2/c1-23-12(7-11(22-23)9-5-6-9)15(24)21-8-10-3-2-4-13(14(10)17)25-16(18,19)20/h2-4,7,9H,5-6,8H2,1H3,(H,21,24). The monoisotopic (exact) mass is 357 g/mol. The number of aromatic nitrogens is 2. The number of carbonyl (C=O) groups excluding carboxylic acids is 1. The largest absolute Gasteiger partial charge is 0.573 e. The van der Waals surface area contributed by atoms with Crippen molar-refractivity contribution in [1.82, 2.24) is 15.1 Å².